The second-order valence-electron chi connectivity index (χ2n) is 5.62. The van der Waals surface area contributed by atoms with E-state index >= 15 is 0 Å². The van der Waals surface area contributed by atoms with Gasteiger partial charge in [-0.25, -0.2) is 0 Å². The summed E-state index contributed by atoms with van der Waals surface area (Å²) >= 11 is 0. The summed E-state index contributed by atoms with van der Waals surface area (Å²) < 4.78 is 5.97. The molecular formula is C15H20O4. The summed E-state index contributed by atoms with van der Waals surface area (Å²) in [5.74, 6) is -0.417. The molecule has 0 aliphatic carbocycles. The summed E-state index contributed by atoms with van der Waals surface area (Å²) in [5.41, 5.74) is 1.87. The van der Waals surface area contributed by atoms with Gasteiger partial charge in [0.25, 0.3) is 0 Å². The largest absolute Gasteiger partial charge is 0.507 e. The Morgan fingerprint density at radius 2 is 2.11 bits per heavy atom. The summed E-state index contributed by atoms with van der Waals surface area (Å²) in [6, 6.07) is 1.80. The minimum absolute atomic E-state index is 0.303. The van der Waals surface area contributed by atoms with Gasteiger partial charge in [-0.1, -0.05) is 0 Å². The SMILES string of the molecule is Cc1cc2c(c(C)c1O)CCC(C)(C(C)C(=O)O)O2. The van der Waals surface area contributed by atoms with Crippen LogP contribution in [0.3, 0.4) is 0 Å². The average molecular weight is 264 g/mol. The van der Waals surface area contributed by atoms with Gasteiger partial charge in [-0.2, -0.15) is 0 Å². The molecule has 0 bridgehead atoms. The molecule has 104 valence electrons. The number of benzene rings is 1. The van der Waals surface area contributed by atoms with E-state index in [0.29, 0.717) is 17.9 Å². The molecule has 0 aromatic heterocycles. The van der Waals surface area contributed by atoms with Crippen LogP contribution in [0.25, 0.3) is 0 Å². The Bertz CT molecular complexity index is 535. The summed E-state index contributed by atoms with van der Waals surface area (Å²) in [5, 5.41) is 19.1. The zero-order chi connectivity index (χ0) is 14.4. The maximum Gasteiger partial charge on any atom is 0.310 e. The van der Waals surface area contributed by atoms with E-state index < -0.39 is 17.5 Å². The molecule has 2 unspecified atom stereocenters. The Morgan fingerprint density at radius 3 is 2.68 bits per heavy atom. The Labute approximate surface area is 113 Å². The molecule has 0 saturated carbocycles. The van der Waals surface area contributed by atoms with Gasteiger partial charge in [0.05, 0.1) is 5.92 Å². The van der Waals surface area contributed by atoms with Crippen molar-refractivity contribution in [3.63, 3.8) is 0 Å². The molecule has 2 atom stereocenters. The molecule has 0 amide bonds. The number of carboxylic acid groups (broad SMARTS) is 1. The minimum atomic E-state index is -0.849. The first-order chi connectivity index (χ1) is 8.76. The van der Waals surface area contributed by atoms with Crippen molar-refractivity contribution in [2.24, 2.45) is 5.92 Å². The molecule has 0 saturated heterocycles. The van der Waals surface area contributed by atoms with Crippen LogP contribution in [0.5, 0.6) is 11.5 Å². The number of aromatic hydroxyl groups is 1. The first-order valence-corrected chi connectivity index (χ1v) is 6.50. The number of rotatable bonds is 2. The minimum Gasteiger partial charge on any atom is -0.507 e. The first-order valence-electron chi connectivity index (χ1n) is 6.50. The van der Waals surface area contributed by atoms with Crippen LogP contribution in [-0.2, 0) is 11.2 Å². The van der Waals surface area contributed by atoms with Crippen molar-refractivity contribution in [1.29, 1.82) is 0 Å². The predicted octanol–water partition coefficient (Wildman–Crippen LogP) is 2.81. The molecule has 19 heavy (non-hydrogen) atoms. The average Bonchev–Trinajstić information content (AvgIpc) is 2.34. The van der Waals surface area contributed by atoms with Crippen LogP contribution in [0, 0.1) is 19.8 Å². The maximum atomic E-state index is 11.2. The molecule has 0 fully saturated rings. The van der Waals surface area contributed by atoms with E-state index in [1.807, 2.05) is 20.8 Å². The van der Waals surface area contributed by atoms with Gasteiger partial charge in [-0.15, -0.1) is 0 Å². The van der Waals surface area contributed by atoms with Gasteiger partial charge in [0.15, 0.2) is 0 Å². The molecule has 1 aliphatic heterocycles. The fourth-order valence-electron chi connectivity index (χ4n) is 2.62. The molecule has 1 aromatic rings. The van der Waals surface area contributed by atoms with E-state index in [9.17, 15) is 15.0 Å². The maximum absolute atomic E-state index is 11.2. The van der Waals surface area contributed by atoms with E-state index in [0.717, 1.165) is 23.1 Å². The first kappa shape index (κ1) is 13.7. The fourth-order valence-corrected chi connectivity index (χ4v) is 2.62. The highest BCUT2D eigenvalue weighted by atomic mass is 16.5. The number of carbonyl (C=O) groups is 1. The van der Waals surface area contributed by atoms with Crippen LogP contribution in [0.15, 0.2) is 6.07 Å². The van der Waals surface area contributed by atoms with Gasteiger partial charge in [-0.3, -0.25) is 4.79 Å². The number of hydrogen-bond acceptors (Lipinski definition) is 3. The van der Waals surface area contributed by atoms with E-state index in [1.165, 1.54) is 0 Å². The highest BCUT2D eigenvalue weighted by Gasteiger charge is 2.41. The van der Waals surface area contributed by atoms with Crippen molar-refractivity contribution >= 4 is 5.97 Å². The van der Waals surface area contributed by atoms with Gasteiger partial charge >= 0.3 is 5.97 Å². The smallest absolute Gasteiger partial charge is 0.310 e. The quantitative estimate of drug-likeness (QED) is 0.862. The molecule has 1 aliphatic rings. The van der Waals surface area contributed by atoms with E-state index in [2.05, 4.69) is 0 Å². The monoisotopic (exact) mass is 264 g/mol. The molecule has 1 aromatic carbocycles. The number of carboxylic acids is 1. The van der Waals surface area contributed by atoms with Crippen molar-refractivity contribution in [3.05, 3.63) is 22.8 Å². The van der Waals surface area contributed by atoms with Gasteiger partial charge in [-0.05, 0) is 57.7 Å². The van der Waals surface area contributed by atoms with Crippen LogP contribution in [0.4, 0.5) is 0 Å². The van der Waals surface area contributed by atoms with Gasteiger partial charge in [0.2, 0.25) is 0 Å². The molecule has 0 radical (unpaired) electrons. The second kappa shape index (κ2) is 4.44. The number of fused-ring (bicyclic) bond motifs is 1. The van der Waals surface area contributed by atoms with Crippen molar-refractivity contribution in [2.75, 3.05) is 0 Å². The summed E-state index contributed by atoms with van der Waals surface area (Å²) in [7, 11) is 0. The number of ether oxygens (including phenoxy) is 1. The highest BCUT2D eigenvalue weighted by Crippen LogP contribution is 2.42. The molecule has 2 N–H and O–H groups in total. The number of aliphatic carboxylic acids is 1. The van der Waals surface area contributed by atoms with Crippen LogP contribution in [-0.4, -0.2) is 21.8 Å². The zero-order valence-corrected chi connectivity index (χ0v) is 11.8. The van der Waals surface area contributed by atoms with Crippen molar-refractivity contribution < 1.29 is 19.7 Å². The van der Waals surface area contributed by atoms with Crippen LogP contribution < -0.4 is 4.74 Å². The topological polar surface area (TPSA) is 66.8 Å². The van der Waals surface area contributed by atoms with Gasteiger partial charge in [0, 0.05) is 5.56 Å². The number of phenols is 1. The molecule has 4 heteroatoms. The van der Waals surface area contributed by atoms with Crippen molar-refractivity contribution in [1.82, 2.24) is 0 Å². The fraction of sp³-hybridized carbons (Fsp3) is 0.533. The lowest BCUT2D eigenvalue weighted by Crippen LogP contribution is -2.46. The third-order valence-corrected chi connectivity index (χ3v) is 4.33. The lowest BCUT2D eigenvalue weighted by Gasteiger charge is -2.39. The lowest BCUT2D eigenvalue weighted by atomic mass is 9.81. The van der Waals surface area contributed by atoms with Crippen molar-refractivity contribution in [3.8, 4) is 11.5 Å². The number of phenolic OH excluding ortho intramolecular Hbond substituents is 1. The Hall–Kier alpha value is -1.71. The van der Waals surface area contributed by atoms with Gasteiger partial charge < -0.3 is 14.9 Å². The Balaban J connectivity index is 2.43. The third-order valence-electron chi connectivity index (χ3n) is 4.33. The van der Waals surface area contributed by atoms with Gasteiger partial charge in [0.1, 0.15) is 17.1 Å². The highest BCUT2D eigenvalue weighted by molar-refractivity contribution is 5.71. The number of aryl methyl sites for hydroxylation is 1. The molecule has 0 spiro atoms. The van der Waals surface area contributed by atoms with Crippen molar-refractivity contribution in [2.45, 2.75) is 46.1 Å². The van der Waals surface area contributed by atoms with Crippen LogP contribution in [0.2, 0.25) is 0 Å². The summed E-state index contributed by atoms with van der Waals surface area (Å²) in [4.78, 5) is 11.2. The predicted molar refractivity (Wildman–Crippen MR) is 71.7 cm³/mol. The zero-order valence-electron chi connectivity index (χ0n) is 11.8. The van der Waals surface area contributed by atoms with E-state index in [-0.39, 0.29) is 0 Å². The van der Waals surface area contributed by atoms with Crippen LogP contribution >= 0.6 is 0 Å². The van der Waals surface area contributed by atoms with E-state index in [1.54, 1.807) is 13.0 Å². The summed E-state index contributed by atoms with van der Waals surface area (Å²) in [6.45, 7) is 7.20. The standard InChI is InChI=1S/C15H20O4/c1-8-7-12-11(9(2)13(8)16)5-6-15(4,19-12)10(3)14(17)18/h7,10,16H,5-6H2,1-4H3,(H,17,18). The Kier molecular flexibility index (Phi) is 3.20. The molecule has 1 heterocycles. The third kappa shape index (κ3) is 2.15. The van der Waals surface area contributed by atoms with E-state index in [4.69, 9.17) is 4.74 Å². The molecular weight excluding hydrogens is 244 g/mol. The summed E-state index contributed by atoms with van der Waals surface area (Å²) in [6.07, 6.45) is 1.36. The number of hydrogen-bond donors (Lipinski definition) is 2. The second-order valence-corrected chi connectivity index (χ2v) is 5.62. The lowest BCUT2D eigenvalue weighted by molar-refractivity contribution is -0.149. The molecule has 2 rings (SSSR count). The molecule has 4 nitrogen and oxygen atoms in total. The normalized spacial score (nSPS) is 23.4. The van der Waals surface area contributed by atoms with Crippen LogP contribution in [0.1, 0.15) is 37.0 Å². The Morgan fingerprint density at radius 1 is 1.47 bits per heavy atom.